The lowest BCUT2D eigenvalue weighted by atomic mass is 9.67. The van der Waals surface area contributed by atoms with E-state index in [0.717, 1.165) is 45.2 Å². The zero-order valence-electron chi connectivity index (χ0n) is 17.1. The predicted octanol–water partition coefficient (Wildman–Crippen LogP) is 3.49. The summed E-state index contributed by atoms with van der Waals surface area (Å²) in [7, 11) is 3.99. The average molecular weight is 468 g/mol. The molecule has 0 bridgehead atoms. The molecule has 0 aromatic carbocycles. The van der Waals surface area contributed by atoms with E-state index in [1.807, 2.05) is 0 Å². The molecule has 0 atom stereocenters. The second kappa shape index (κ2) is 14.0. The summed E-state index contributed by atoms with van der Waals surface area (Å²) in [5.41, 5.74) is 0.387. The molecule has 25 heavy (non-hydrogen) atoms. The number of rotatable bonds is 12. The van der Waals surface area contributed by atoms with Crippen LogP contribution in [-0.2, 0) is 4.74 Å². The van der Waals surface area contributed by atoms with Crippen LogP contribution in [0.1, 0.15) is 59.3 Å². The highest BCUT2D eigenvalue weighted by atomic mass is 127. The van der Waals surface area contributed by atoms with Crippen molar-refractivity contribution < 1.29 is 4.74 Å². The van der Waals surface area contributed by atoms with Crippen molar-refractivity contribution in [1.29, 1.82) is 0 Å². The van der Waals surface area contributed by atoms with Crippen molar-refractivity contribution >= 4 is 29.9 Å². The summed E-state index contributed by atoms with van der Waals surface area (Å²) in [5, 5.41) is 6.86. The van der Waals surface area contributed by atoms with Gasteiger partial charge in [0, 0.05) is 39.4 Å². The third-order valence-corrected chi connectivity index (χ3v) is 5.28. The van der Waals surface area contributed by atoms with Gasteiger partial charge in [0.25, 0.3) is 0 Å². The lowest BCUT2D eigenvalue weighted by Crippen LogP contribution is -2.40. The predicted molar refractivity (Wildman–Crippen MR) is 119 cm³/mol. The molecule has 0 aromatic rings. The van der Waals surface area contributed by atoms with E-state index >= 15 is 0 Å². The van der Waals surface area contributed by atoms with Gasteiger partial charge in [0.1, 0.15) is 0 Å². The molecule has 0 unspecified atom stereocenters. The van der Waals surface area contributed by atoms with Crippen LogP contribution in [0.5, 0.6) is 0 Å². The van der Waals surface area contributed by atoms with E-state index in [2.05, 4.69) is 43.4 Å². The van der Waals surface area contributed by atoms with Gasteiger partial charge < -0.3 is 20.3 Å². The first kappa shape index (κ1) is 24.9. The quantitative estimate of drug-likeness (QED) is 0.199. The maximum atomic E-state index is 5.27. The Morgan fingerprint density at radius 2 is 1.96 bits per heavy atom. The minimum atomic E-state index is 0. The topological polar surface area (TPSA) is 48.9 Å². The fraction of sp³-hybridized carbons (Fsp3) is 0.947. The minimum Gasteiger partial charge on any atom is -0.385 e. The fourth-order valence-electron chi connectivity index (χ4n) is 3.02. The number of aliphatic imine (C=N–C) groups is 1. The van der Waals surface area contributed by atoms with E-state index in [1.54, 1.807) is 7.11 Å². The normalized spacial score (nSPS) is 16.5. The van der Waals surface area contributed by atoms with Crippen molar-refractivity contribution in [2.45, 2.75) is 65.3 Å². The Balaban J connectivity index is 0.00000576. The van der Waals surface area contributed by atoms with Crippen molar-refractivity contribution in [2.24, 2.45) is 10.4 Å². The molecule has 5 nitrogen and oxygen atoms in total. The lowest BCUT2D eigenvalue weighted by molar-refractivity contribution is 0.0778. The maximum absolute atomic E-state index is 5.27. The number of methoxy groups -OCH3 is 1. The Morgan fingerprint density at radius 3 is 2.48 bits per heavy atom. The number of nitrogens with zero attached hydrogens (tertiary/aromatic N) is 2. The highest BCUT2D eigenvalue weighted by molar-refractivity contribution is 14.0. The van der Waals surface area contributed by atoms with E-state index in [9.17, 15) is 0 Å². The van der Waals surface area contributed by atoms with Gasteiger partial charge >= 0.3 is 0 Å². The molecule has 0 aromatic heterocycles. The fourth-order valence-corrected chi connectivity index (χ4v) is 3.02. The van der Waals surface area contributed by atoms with Gasteiger partial charge in [0.15, 0.2) is 5.96 Å². The first-order chi connectivity index (χ1) is 11.5. The summed E-state index contributed by atoms with van der Waals surface area (Å²) >= 11 is 0. The van der Waals surface area contributed by atoms with Gasteiger partial charge in [-0.2, -0.15) is 0 Å². The van der Waals surface area contributed by atoms with Crippen LogP contribution in [0.4, 0.5) is 0 Å². The summed E-state index contributed by atoms with van der Waals surface area (Å²) in [6.45, 7) is 11.4. The van der Waals surface area contributed by atoms with Crippen LogP contribution in [0, 0.1) is 5.41 Å². The smallest absolute Gasteiger partial charge is 0.191 e. The first-order valence-corrected chi connectivity index (χ1v) is 9.74. The third-order valence-electron chi connectivity index (χ3n) is 5.28. The van der Waals surface area contributed by atoms with Gasteiger partial charge in [-0.15, -0.1) is 24.0 Å². The number of unbranched alkanes of at least 4 members (excludes halogenated alkanes) is 1. The molecule has 1 aliphatic carbocycles. The van der Waals surface area contributed by atoms with Crippen molar-refractivity contribution in [3.63, 3.8) is 0 Å². The van der Waals surface area contributed by atoms with Gasteiger partial charge in [0.05, 0.1) is 0 Å². The Bertz CT molecular complexity index is 359. The first-order valence-electron chi connectivity index (χ1n) is 9.74. The van der Waals surface area contributed by atoms with Gasteiger partial charge in [0.2, 0.25) is 0 Å². The van der Waals surface area contributed by atoms with E-state index in [-0.39, 0.29) is 24.0 Å². The Hall–Kier alpha value is -0.0800. The van der Waals surface area contributed by atoms with Gasteiger partial charge in [-0.3, -0.25) is 4.99 Å². The molecular weight excluding hydrogens is 427 g/mol. The zero-order valence-corrected chi connectivity index (χ0v) is 19.4. The number of nitrogens with one attached hydrogen (secondary N) is 2. The van der Waals surface area contributed by atoms with Crippen LogP contribution in [0.15, 0.2) is 4.99 Å². The van der Waals surface area contributed by atoms with Gasteiger partial charge in [-0.1, -0.05) is 6.42 Å². The highest BCUT2D eigenvalue weighted by Crippen LogP contribution is 2.44. The summed E-state index contributed by atoms with van der Waals surface area (Å²) in [5.74, 6) is 0.971. The lowest BCUT2D eigenvalue weighted by Gasteiger charge is -2.40. The molecule has 1 fully saturated rings. The molecule has 1 saturated carbocycles. The van der Waals surface area contributed by atoms with E-state index in [0.29, 0.717) is 11.5 Å². The minimum absolute atomic E-state index is 0. The molecule has 0 radical (unpaired) electrons. The number of hydrogen-bond donors (Lipinski definition) is 2. The van der Waals surface area contributed by atoms with Crippen LogP contribution >= 0.6 is 24.0 Å². The van der Waals surface area contributed by atoms with E-state index in [1.165, 1.54) is 32.1 Å². The number of guanidine groups is 1. The molecule has 0 spiro atoms. The summed E-state index contributed by atoms with van der Waals surface area (Å²) in [6, 6.07) is 0.627. The van der Waals surface area contributed by atoms with Crippen LogP contribution in [0.25, 0.3) is 0 Å². The van der Waals surface area contributed by atoms with Gasteiger partial charge in [-0.05, 0) is 71.9 Å². The Kier molecular flexibility index (Phi) is 14.0. The van der Waals surface area contributed by atoms with Crippen LogP contribution in [0.3, 0.4) is 0 Å². The number of ether oxygens (including phenoxy) is 1. The van der Waals surface area contributed by atoms with Crippen molar-refractivity contribution in [3.8, 4) is 0 Å². The van der Waals surface area contributed by atoms with Crippen LogP contribution in [0.2, 0.25) is 0 Å². The summed E-state index contributed by atoms with van der Waals surface area (Å²) < 4.78 is 5.27. The zero-order chi connectivity index (χ0) is 17.8. The van der Waals surface area contributed by atoms with Crippen molar-refractivity contribution in [2.75, 3.05) is 46.9 Å². The second-order valence-electron chi connectivity index (χ2n) is 7.50. The average Bonchev–Trinajstić information content (AvgIpc) is 2.52. The third kappa shape index (κ3) is 9.99. The van der Waals surface area contributed by atoms with Crippen LogP contribution in [-0.4, -0.2) is 63.8 Å². The monoisotopic (exact) mass is 468 g/mol. The molecule has 2 N–H and O–H groups in total. The van der Waals surface area contributed by atoms with Crippen molar-refractivity contribution in [3.05, 3.63) is 0 Å². The Labute approximate surface area is 172 Å². The molecule has 0 aliphatic heterocycles. The number of halogens is 1. The van der Waals surface area contributed by atoms with Crippen molar-refractivity contribution in [1.82, 2.24) is 15.5 Å². The maximum Gasteiger partial charge on any atom is 0.191 e. The highest BCUT2D eigenvalue weighted by Gasteiger charge is 2.36. The molecule has 150 valence electrons. The second-order valence-corrected chi connectivity index (χ2v) is 7.50. The SMILES string of the molecule is CCNC(=NCC1(CCOC)CCC1)NCCCCN(C)C(C)C.I. The van der Waals surface area contributed by atoms with E-state index in [4.69, 9.17) is 9.73 Å². The van der Waals surface area contributed by atoms with Gasteiger partial charge in [-0.25, -0.2) is 0 Å². The Morgan fingerprint density at radius 1 is 1.24 bits per heavy atom. The molecule has 0 saturated heterocycles. The molecular formula is C19H41IN4O. The summed E-state index contributed by atoms with van der Waals surface area (Å²) in [6.07, 6.45) is 7.46. The number of hydrogen-bond acceptors (Lipinski definition) is 3. The summed E-state index contributed by atoms with van der Waals surface area (Å²) in [4.78, 5) is 7.25. The molecule has 0 amide bonds. The standard InChI is InChI=1S/C19H40N4O.HI/c1-6-20-18(21-13-7-8-14-23(4)17(2)3)22-16-19(10-9-11-19)12-15-24-5;/h17H,6-16H2,1-5H3,(H2,20,21,22);1H. The largest absolute Gasteiger partial charge is 0.385 e. The van der Waals surface area contributed by atoms with Crippen LogP contribution < -0.4 is 10.6 Å². The molecule has 6 heteroatoms. The van der Waals surface area contributed by atoms with E-state index < -0.39 is 0 Å². The molecule has 1 rings (SSSR count). The molecule has 1 aliphatic rings. The molecule has 0 heterocycles.